The number of nitrogen functional groups attached to an aromatic ring is 1. The smallest absolute Gasteiger partial charge is 0.144 e. The second-order valence-corrected chi connectivity index (χ2v) is 4.76. The van der Waals surface area contributed by atoms with Gasteiger partial charge >= 0.3 is 0 Å². The summed E-state index contributed by atoms with van der Waals surface area (Å²) in [4.78, 5) is 0. The fourth-order valence-electron chi connectivity index (χ4n) is 1.68. The Kier molecular flexibility index (Phi) is 5.32. The van der Waals surface area contributed by atoms with Gasteiger partial charge in [-0.15, -0.1) is 12.4 Å². The first kappa shape index (κ1) is 15.9. The molecular weight excluding hydrogens is 309 g/mol. The van der Waals surface area contributed by atoms with Crippen LogP contribution in [0.15, 0.2) is 36.4 Å². The van der Waals surface area contributed by atoms with Gasteiger partial charge in [0, 0.05) is 15.6 Å². The Hall–Kier alpha value is -1.13. The van der Waals surface area contributed by atoms with Gasteiger partial charge in [-0.25, -0.2) is 0 Å². The molecule has 0 aliphatic rings. The first-order valence-electron chi connectivity index (χ1n) is 5.20. The molecule has 0 saturated heterocycles. The molecule has 0 fully saturated rings. The van der Waals surface area contributed by atoms with Crippen LogP contribution in [-0.2, 0) is 0 Å². The number of anilines is 1. The van der Waals surface area contributed by atoms with Gasteiger partial charge in [-0.1, -0.05) is 35.3 Å². The third kappa shape index (κ3) is 3.45. The SMILES string of the molecule is Cl.Nc1cc(Cl)cc(C(O)c2ccc(Cl)cc2)c1O. The number of nitrogens with two attached hydrogens (primary N) is 1. The van der Waals surface area contributed by atoms with E-state index >= 15 is 0 Å². The average Bonchev–Trinajstić information content (AvgIpc) is 2.34. The van der Waals surface area contributed by atoms with Gasteiger partial charge in [0.05, 0.1) is 5.69 Å². The lowest BCUT2D eigenvalue weighted by molar-refractivity contribution is 0.216. The number of benzene rings is 2. The number of phenols is 1. The van der Waals surface area contributed by atoms with Gasteiger partial charge in [0.2, 0.25) is 0 Å². The van der Waals surface area contributed by atoms with Crippen LogP contribution in [0.2, 0.25) is 10.0 Å². The van der Waals surface area contributed by atoms with Crippen molar-refractivity contribution in [3.8, 4) is 5.75 Å². The minimum atomic E-state index is -1.01. The van der Waals surface area contributed by atoms with Crippen molar-refractivity contribution < 1.29 is 10.2 Å². The maximum atomic E-state index is 10.2. The van der Waals surface area contributed by atoms with Crippen molar-refractivity contribution in [2.45, 2.75) is 6.10 Å². The van der Waals surface area contributed by atoms with E-state index in [1.54, 1.807) is 24.3 Å². The molecule has 2 rings (SSSR count). The van der Waals surface area contributed by atoms with Crippen molar-refractivity contribution in [3.05, 3.63) is 57.6 Å². The molecule has 102 valence electrons. The summed E-state index contributed by atoms with van der Waals surface area (Å²) < 4.78 is 0. The Balaban J connectivity index is 0.00000180. The summed E-state index contributed by atoms with van der Waals surface area (Å²) in [5.41, 5.74) is 6.58. The lowest BCUT2D eigenvalue weighted by Crippen LogP contribution is -2.01. The molecule has 0 aromatic heterocycles. The maximum absolute atomic E-state index is 10.2. The summed E-state index contributed by atoms with van der Waals surface area (Å²) in [6.45, 7) is 0. The molecule has 2 aromatic carbocycles. The van der Waals surface area contributed by atoms with Crippen LogP contribution in [0.5, 0.6) is 5.75 Å². The normalized spacial score (nSPS) is 11.7. The van der Waals surface area contributed by atoms with Gasteiger partial charge in [-0.3, -0.25) is 0 Å². The van der Waals surface area contributed by atoms with Crippen LogP contribution >= 0.6 is 35.6 Å². The van der Waals surface area contributed by atoms with Gasteiger partial charge in [0.1, 0.15) is 11.9 Å². The lowest BCUT2D eigenvalue weighted by Gasteiger charge is -2.15. The minimum Gasteiger partial charge on any atom is -0.505 e. The van der Waals surface area contributed by atoms with E-state index in [1.807, 2.05) is 0 Å². The highest BCUT2D eigenvalue weighted by atomic mass is 35.5. The Morgan fingerprint density at radius 1 is 1.00 bits per heavy atom. The van der Waals surface area contributed by atoms with E-state index < -0.39 is 6.10 Å². The first-order valence-corrected chi connectivity index (χ1v) is 5.96. The quantitative estimate of drug-likeness (QED) is 0.582. The zero-order valence-electron chi connectivity index (χ0n) is 9.68. The number of aliphatic hydroxyl groups excluding tert-OH is 1. The monoisotopic (exact) mass is 319 g/mol. The van der Waals surface area contributed by atoms with E-state index in [2.05, 4.69) is 0 Å². The number of rotatable bonds is 2. The standard InChI is InChI=1S/C13H11Cl2NO2.ClH/c14-8-3-1-7(2-4-8)12(17)10-5-9(15)6-11(16)13(10)18;/h1-6,12,17-18H,16H2;1H. The van der Waals surface area contributed by atoms with E-state index in [-0.39, 0.29) is 29.4 Å². The topological polar surface area (TPSA) is 66.5 Å². The third-order valence-corrected chi connectivity index (χ3v) is 3.08. The van der Waals surface area contributed by atoms with Gasteiger partial charge in [-0.05, 0) is 29.8 Å². The molecular formula is C13H12Cl3NO2. The maximum Gasteiger partial charge on any atom is 0.144 e. The predicted molar refractivity (Wildman–Crippen MR) is 80.3 cm³/mol. The third-order valence-electron chi connectivity index (χ3n) is 2.61. The number of hydrogen-bond acceptors (Lipinski definition) is 3. The molecule has 3 nitrogen and oxygen atoms in total. The molecule has 0 aliphatic heterocycles. The number of halogens is 3. The zero-order valence-corrected chi connectivity index (χ0v) is 12.0. The van der Waals surface area contributed by atoms with E-state index in [0.29, 0.717) is 15.6 Å². The van der Waals surface area contributed by atoms with Crippen LogP contribution in [0.3, 0.4) is 0 Å². The largest absolute Gasteiger partial charge is 0.505 e. The minimum absolute atomic E-state index is 0. The summed E-state index contributed by atoms with van der Waals surface area (Å²) >= 11 is 11.6. The van der Waals surface area contributed by atoms with Crippen molar-refractivity contribution >= 4 is 41.3 Å². The molecule has 1 atom stereocenters. The van der Waals surface area contributed by atoms with Crippen LogP contribution < -0.4 is 5.73 Å². The lowest BCUT2D eigenvalue weighted by atomic mass is 10.00. The highest BCUT2D eigenvalue weighted by Gasteiger charge is 2.17. The molecule has 0 spiro atoms. The van der Waals surface area contributed by atoms with Gasteiger partial charge in [-0.2, -0.15) is 0 Å². The Morgan fingerprint density at radius 3 is 2.16 bits per heavy atom. The molecule has 0 radical (unpaired) electrons. The summed E-state index contributed by atoms with van der Waals surface area (Å²) in [6.07, 6.45) is -1.01. The molecule has 0 bridgehead atoms. The molecule has 2 aromatic rings. The summed E-state index contributed by atoms with van der Waals surface area (Å²) in [7, 11) is 0. The molecule has 0 saturated carbocycles. The second-order valence-electron chi connectivity index (χ2n) is 3.89. The Bertz CT molecular complexity index is 573. The molecule has 0 amide bonds. The molecule has 6 heteroatoms. The van der Waals surface area contributed by atoms with Crippen molar-refractivity contribution in [3.63, 3.8) is 0 Å². The van der Waals surface area contributed by atoms with E-state index in [4.69, 9.17) is 28.9 Å². The summed E-state index contributed by atoms with van der Waals surface area (Å²) in [6, 6.07) is 9.56. The highest BCUT2D eigenvalue weighted by Crippen LogP contribution is 2.36. The van der Waals surface area contributed by atoms with Crippen LogP contribution in [-0.4, -0.2) is 10.2 Å². The Morgan fingerprint density at radius 2 is 1.58 bits per heavy atom. The van der Waals surface area contributed by atoms with E-state index in [1.165, 1.54) is 12.1 Å². The molecule has 0 aliphatic carbocycles. The first-order chi connectivity index (χ1) is 8.49. The fraction of sp³-hybridized carbons (Fsp3) is 0.0769. The van der Waals surface area contributed by atoms with Gasteiger partial charge < -0.3 is 15.9 Å². The average molecular weight is 321 g/mol. The van der Waals surface area contributed by atoms with Crippen molar-refractivity contribution in [1.82, 2.24) is 0 Å². The zero-order chi connectivity index (χ0) is 13.3. The van der Waals surface area contributed by atoms with Crippen LogP contribution in [0.1, 0.15) is 17.2 Å². The van der Waals surface area contributed by atoms with E-state index in [0.717, 1.165) is 0 Å². The second kappa shape index (κ2) is 6.35. The van der Waals surface area contributed by atoms with Gasteiger partial charge in [0.15, 0.2) is 0 Å². The highest BCUT2D eigenvalue weighted by molar-refractivity contribution is 6.31. The molecule has 4 N–H and O–H groups in total. The van der Waals surface area contributed by atoms with Crippen molar-refractivity contribution in [2.24, 2.45) is 0 Å². The van der Waals surface area contributed by atoms with Crippen molar-refractivity contribution in [2.75, 3.05) is 5.73 Å². The summed E-state index contributed by atoms with van der Waals surface area (Å²) in [5.74, 6) is -0.165. The predicted octanol–water partition coefficient (Wildman–Crippen LogP) is 3.78. The van der Waals surface area contributed by atoms with E-state index in [9.17, 15) is 10.2 Å². The van der Waals surface area contributed by atoms with Gasteiger partial charge in [0.25, 0.3) is 0 Å². The number of aromatic hydroxyl groups is 1. The summed E-state index contributed by atoms with van der Waals surface area (Å²) in [5, 5.41) is 21.0. The van der Waals surface area contributed by atoms with Crippen molar-refractivity contribution in [1.29, 1.82) is 0 Å². The molecule has 0 heterocycles. The number of hydrogen-bond donors (Lipinski definition) is 3. The Labute approximate surface area is 127 Å². The van der Waals surface area contributed by atoms with Crippen LogP contribution in [0.4, 0.5) is 5.69 Å². The number of phenolic OH excluding ortho intramolecular Hbond substituents is 1. The van der Waals surface area contributed by atoms with Crippen LogP contribution in [0.25, 0.3) is 0 Å². The fourth-order valence-corrected chi connectivity index (χ4v) is 2.04. The number of aliphatic hydroxyl groups is 1. The van der Waals surface area contributed by atoms with Crippen LogP contribution in [0, 0.1) is 0 Å². The molecule has 1 unspecified atom stereocenters. The molecule has 19 heavy (non-hydrogen) atoms.